The molecule has 230 valence electrons. The first-order chi connectivity index (χ1) is 19.8. The van der Waals surface area contributed by atoms with E-state index in [-0.39, 0.29) is 22.8 Å². The number of piperazine rings is 1. The summed E-state index contributed by atoms with van der Waals surface area (Å²) < 4.78 is 61.0. The van der Waals surface area contributed by atoms with Gasteiger partial charge in [0.2, 0.25) is 5.91 Å². The van der Waals surface area contributed by atoms with Crippen molar-refractivity contribution in [3.63, 3.8) is 0 Å². The predicted octanol–water partition coefficient (Wildman–Crippen LogP) is 3.55. The van der Waals surface area contributed by atoms with Crippen LogP contribution in [0.25, 0.3) is 0 Å². The fourth-order valence-electron chi connectivity index (χ4n) is 4.45. The maximum absolute atomic E-state index is 13.3. The molecule has 1 heterocycles. The number of carboxylic acids is 1. The fraction of sp³-hybridized carbons (Fsp3) is 0.444. The Morgan fingerprint density at radius 1 is 1.02 bits per heavy atom. The third-order valence-corrected chi connectivity index (χ3v) is 8.04. The Morgan fingerprint density at radius 3 is 2.17 bits per heavy atom. The number of nitrogens with one attached hydrogen (secondary N) is 4. The first-order valence-electron chi connectivity index (χ1n) is 13.4. The van der Waals surface area contributed by atoms with E-state index < -0.39 is 22.2 Å². The first-order valence-corrected chi connectivity index (χ1v) is 14.9. The Bertz CT molecular complexity index is 1360. The van der Waals surface area contributed by atoms with E-state index in [1.165, 1.54) is 12.1 Å². The van der Waals surface area contributed by atoms with Gasteiger partial charge in [-0.3, -0.25) is 14.3 Å². The van der Waals surface area contributed by atoms with Gasteiger partial charge >= 0.3 is 12.1 Å². The summed E-state index contributed by atoms with van der Waals surface area (Å²) in [5.41, 5.74) is 2.06. The summed E-state index contributed by atoms with van der Waals surface area (Å²) in [7, 11) is -3.93. The van der Waals surface area contributed by atoms with Crippen molar-refractivity contribution in [2.45, 2.75) is 56.1 Å². The molecule has 2 aromatic carbocycles. The summed E-state index contributed by atoms with van der Waals surface area (Å²) in [4.78, 5) is 35.6. The summed E-state index contributed by atoms with van der Waals surface area (Å²) in [6, 6.07) is 11.4. The minimum atomic E-state index is -5.08. The van der Waals surface area contributed by atoms with E-state index in [1.54, 1.807) is 31.2 Å². The number of halogens is 3. The van der Waals surface area contributed by atoms with Gasteiger partial charge in [-0.2, -0.15) is 13.2 Å². The van der Waals surface area contributed by atoms with Crippen LogP contribution in [0, 0.1) is 0 Å². The maximum atomic E-state index is 13.3. The highest BCUT2D eigenvalue weighted by atomic mass is 32.2. The summed E-state index contributed by atoms with van der Waals surface area (Å²) in [6.45, 7) is 4.79. The number of sulfonamides is 1. The molecule has 15 heteroatoms. The van der Waals surface area contributed by atoms with Crippen LogP contribution in [0.3, 0.4) is 0 Å². The first kappa shape index (κ1) is 32.7. The lowest BCUT2D eigenvalue weighted by Crippen LogP contribution is -2.43. The van der Waals surface area contributed by atoms with Crippen molar-refractivity contribution >= 4 is 44.9 Å². The van der Waals surface area contributed by atoms with Crippen molar-refractivity contribution in [1.29, 1.82) is 0 Å². The van der Waals surface area contributed by atoms with Crippen molar-refractivity contribution in [2.24, 2.45) is 0 Å². The lowest BCUT2D eigenvalue weighted by Gasteiger charge is -2.31. The molecule has 1 saturated heterocycles. The van der Waals surface area contributed by atoms with Gasteiger partial charge in [0.05, 0.1) is 16.3 Å². The van der Waals surface area contributed by atoms with Crippen molar-refractivity contribution in [2.75, 3.05) is 41.1 Å². The van der Waals surface area contributed by atoms with Gasteiger partial charge < -0.3 is 26.0 Å². The molecule has 11 nitrogen and oxygen atoms in total. The number of aliphatic carboxylic acids is 1. The van der Waals surface area contributed by atoms with Gasteiger partial charge in [0.15, 0.2) is 0 Å². The minimum absolute atomic E-state index is 0.0686. The second-order valence-electron chi connectivity index (χ2n) is 9.76. The van der Waals surface area contributed by atoms with E-state index >= 15 is 0 Å². The van der Waals surface area contributed by atoms with Crippen LogP contribution in [0.5, 0.6) is 0 Å². The standard InChI is InChI=1S/C25H33N5O4S.C2HF3O2/c1-2-24(31)27-20-8-10-21(11-9-20)35(33,34)29-22-17-18(25(32)28-19-5-3-4-6-19)7-12-23(22)30-15-13-26-14-16-30;3-2(4,5)1(6)7/h7-12,17,19,26,29H,2-6,13-16H2,1H3,(H,27,31)(H,28,32);(H,6,7). The molecule has 2 aromatic rings. The lowest BCUT2D eigenvalue weighted by molar-refractivity contribution is -0.192. The molecule has 2 fully saturated rings. The quantitative estimate of drug-likeness (QED) is 0.303. The van der Waals surface area contributed by atoms with Gasteiger partial charge in [-0.15, -0.1) is 0 Å². The number of hydrogen-bond donors (Lipinski definition) is 5. The maximum Gasteiger partial charge on any atom is 0.490 e. The summed E-state index contributed by atoms with van der Waals surface area (Å²) in [5, 5.41) is 16.2. The smallest absolute Gasteiger partial charge is 0.475 e. The van der Waals surface area contributed by atoms with E-state index in [9.17, 15) is 31.2 Å². The van der Waals surface area contributed by atoms with Crippen LogP contribution in [-0.2, 0) is 19.6 Å². The number of amides is 2. The molecule has 0 atom stereocenters. The second-order valence-corrected chi connectivity index (χ2v) is 11.4. The minimum Gasteiger partial charge on any atom is -0.475 e. The van der Waals surface area contributed by atoms with Gasteiger partial charge in [0.1, 0.15) is 0 Å². The number of carbonyl (C=O) groups is 3. The molecule has 1 aliphatic carbocycles. The normalized spacial score (nSPS) is 15.8. The summed E-state index contributed by atoms with van der Waals surface area (Å²) >= 11 is 0. The number of benzene rings is 2. The van der Waals surface area contributed by atoms with Crippen molar-refractivity contribution in [3.05, 3.63) is 48.0 Å². The van der Waals surface area contributed by atoms with Crippen LogP contribution < -0.4 is 25.6 Å². The van der Waals surface area contributed by atoms with Gasteiger partial charge in [-0.25, -0.2) is 13.2 Å². The molecule has 42 heavy (non-hydrogen) atoms. The zero-order valence-corrected chi connectivity index (χ0v) is 23.8. The molecule has 0 aromatic heterocycles. The molecule has 1 aliphatic heterocycles. The van der Waals surface area contributed by atoms with Crippen molar-refractivity contribution < 1.29 is 41.1 Å². The topological polar surface area (TPSA) is 157 Å². The number of rotatable bonds is 8. The Balaban J connectivity index is 0.000000616. The van der Waals surface area contributed by atoms with Gasteiger partial charge in [0, 0.05) is 49.9 Å². The number of nitrogens with zero attached hydrogens (tertiary/aromatic N) is 1. The lowest BCUT2D eigenvalue weighted by atomic mass is 10.1. The molecular formula is C27H34F3N5O6S. The summed E-state index contributed by atoms with van der Waals surface area (Å²) in [5.74, 6) is -3.10. The molecule has 0 bridgehead atoms. The van der Waals surface area contributed by atoms with E-state index in [1.807, 2.05) is 6.07 Å². The van der Waals surface area contributed by atoms with E-state index in [4.69, 9.17) is 9.90 Å². The van der Waals surface area contributed by atoms with E-state index in [2.05, 4.69) is 25.6 Å². The monoisotopic (exact) mass is 613 g/mol. The molecule has 2 aliphatic rings. The van der Waals surface area contributed by atoms with E-state index in [0.717, 1.165) is 57.5 Å². The Hall–Kier alpha value is -3.85. The molecule has 1 saturated carbocycles. The number of alkyl halides is 3. The largest absolute Gasteiger partial charge is 0.490 e. The molecule has 0 unspecified atom stereocenters. The zero-order valence-electron chi connectivity index (χ0n) is 23.0. The molecule has 0 radical (unpaired) electrons. The highest BCUT2D eigenvalue weighted by molar-refractivity contribution is 7.92. The summed E-state index contributed by atoms with van der Waals surface area (Å²) in [6.07, 6.45) is -0.587. The van der Waals surface area contributed by atoms with Crippen LogP contribution in [-0.4, -0.2) is 69.7 Å². The molecule has 0 spiro atoms. The number of carbonyl (C=O) groups excluding carboxylic acids is 2. The molecular weight excluding hydrogens is 579 g/mol. The average Bonchev–Trinajstić information content (AvgIpc) is 3.46. The van der Waals surface area contributed by atoms with E-state index in [0.29, 0.717) is 23.4 Å². The average molecular weight is 614 g/mol. The van der Waals surface area contributed by atoms with Crippen LogP contribution in [0.4, 0.5) is 30.2 Å². The molecule has 4 rings (SSSR count). The highest BCUT2D eigenvalue weighted by Crippen LogP contribution is 2.30. The Labute approximate surface area is 241 Å². The van der Waals surface area contributed by atoms with Crippen LogP contribution >= 0.6 is 0 Å². The Morgan fingerprint density at radius 2 is 1.62 bits per heavy atom. The zero-order chi connectivity index (χ0) is 30.9. The highest BCUT2D eigenvalue weighted by Gasteiger charge is 2.38. The van der Waals surface area contributed by atoms with Crippen LogP contribution in [0.1, 0.15) is 49.4 Å². The van der Waals surface area contributed by atoms with Gasteiger partial charge in [0.25, 0.3) is 15.9 Å². The van der Waals surface area contributed by atoms with Crippen molar-refractivity contribution in [3.8, 4) is 0 Å². The van der Waals surface area contributed by atoms with Crippen LogP contribution in [0.2, 0.25) is 0 Å². The third kappa shape index (κ3) is 9.34. The molecule has 5 N–H and O–H groups in total. The number of anilines is 3. The third-order valence-electron chi connectivity index (χ3n) is 6.66. The van der Waals surface area contributed by atoms with Crippen LogP contribution in [0.15, 0.2) is 47.4 Å². The molecule has 2 amide bonds. The Kier molecular flexibility index (Phi) is 11.2. The predicted molar refractivity (Wildman–Crippen MR) is 151 cm³/mol. The van der Waals surface area contributed by atoms with Gasteiger partial charge in [-0.1, -0.05) is 19.8 Å². The number of hydrogen-bond acceptors (Lipinski definition) is 7. The number of carboxylic acid groups (broad SMARTS) is 1. The van der Waals surface area contributed by atoms with Crippen molar-refractivity contribution in [1.82, 2.24) is 10.6 Å². The second kappa shape index (κ2) is 14.4. The SMILES string of the molecule is CCC(=O)Nc1ccc(S(=O)(=O)Nc2cc(C(=O)NC3CCCC3)ccc2N2CCNCC2)cc1.O=C(O)C(F)(F)F. The fourth-order valence-corrected chi connectivity index (χ4v) is 5.52. The van der Waals surface area contributed by atoms with Gasteiger partial charge in [-0.05, 0) is 55.3 Å².